The van der Waals surface area contributed by atoms with Crippen LogP contribution in [-0.2, 0) is 4.79 Å². The van der Waals surface area contributed by atoms with Gasteiger partial charge in [0.15, 0.2) is 5.41 Å². The number of hydrogen-bond donors (Lipinski definition) is 1. The summed E-state index contributed by atoms with van der Waals surface area (Å²) in [5.41, 5.74) is 3.75. The van der Waals surface area contributed by atoms with E-state index in [4.69, 9.17) is 5.73 Å². The average molecular weight is 313 g/mol. The maximum Gasteiger partial charge on any atom is 0.165 e. The number of aliphatic imine (C=N–C) groups is 1. The normalized spacial score (nSPS) is 30.7. The molecule has 0 bridgehead atoms. The van der Waals surface area contributed by atoms with Crippen LogP contribution in [0.25, 0.3) is 0 Å². The highest BCUT2D eigenvalue weighted by Gasteiger charge is 2.63. The number of carbonyl (C=O) groups is 1. The Morgan fingerprint density at radius 3 is 2.43 bits per heavy atom. The third-order valence-electron chi connectivity index (χ3n) is 5.31. The van der Waals surface area contributed by atoms with Crippen LogP contribution in [0.5, 0.6) is 0 Å². The van der Waals surface area contributed by atoms with Crippen molar-refractivity contribution in [3.05, 3.63) is 11.4 Å². The van der Waals surface area contributed by atoms with E-state index in [9.17, 15) is 15.3 Å². The minimum absolute atomic E-state index is 0.0209. The molecule has 2 rings (SSSR count). The van der Waals surface area contributed by atoms with Crippen LogP contribution in [0.3, 0.4) is 0 Å². The van der Waals surface area contributed by atoms with E-state index in [1.807, 2.05) is 18.7 Å². The van der Waals surface area contributed by atoms with Gasteiger partial charge < -0.3 is 10.6 Å². The molecule has 2 atom stereocenters. The van der Waals surface area contributed by atoms with Gasteiger partial charge in [0.05, 0.1) is 11.5 Å². The Morgan fingerprint density at radius 2 is 1.96 bits per heavy atom. The smallest absolute Gasteiger partial charge is 0.165 e. The van der Waals surface area contributed by atoms with E-state index in [-0.39, 0.29) is 17.2 Å². The lowest BCUT2D eigenvalue weighted by Crippen LogP contribution is -2.55. The lowest BCUT2D eigenvalue weighted by molar-refractivity contribution is -0.133. The minimum Gasteiger partial charge on any atom is -0.383 e. The SMILES string of the molecule is CCN(CC)C1=NC(N)=C(C#N)C1(C#N)C1(C)CCCCC1=O. The fourth-order valence-electron chi connectivity index (χ4n) is 3.86. The molecule has 2 aliphatic rings. The predicted molar refractivity (Wildman–Crippen MR) is 86.8 cm³/mol. The van der Waals surface area contributed by atoms with E-state index in [2.05, 4.69) is 17.1 Å². The van der Waals surface area contributed by atoms with Crippen molar-refractivity contribution in [3.63, 3.8) is 0 Å². The lowest BCUT2D eigenvalue weighted by Gasteiger charge is -2.45. The van der Waals surface area contributed by atoms with Gasteiger partial charge in [-0.3, -0.25) is 4.79 Å². The molecule has 2 N–H and O–H groups in total. The van der Waals surface area contributed by atoms with Crippen molar-refractivity contribution in [2.24, 2.45) is 21.6 Å². The largest absolute Gasteiger partial charge is 0.383 e. The fourth-order valence-corrected chi connectivity index (χ4v) is 3.86. The van der Waals surface area contributed by atoms with Gasteiger partial charge in [-0.1, -0.05) is 13.3 Å². The van der Waals surface area contributed by atoms with Gasteiger partial charge in [-0.2, -0.15) is 10.5 Å². The van der Waals surface area contributed by atoms with Crippen molar-refractivity contribution < 1.29 is 4.79 Å². The predicted octanol–water partition coefficient (Wildman–Crippen LogP) is 2.09. The lowest BCUT2D eigenvalue weighted by atomic mass is 9.55. The molecule has 0 aromatic carbocycles. The summed E-state index contributed by atoms with van der Waals surface area (Å²) in [5, 5.41) is 19.8. The molecule has 0 aromatic heterocycles. The molecule has 2 unspecified atom stereocenters. The number of nitrogens with zero attached hydrogens (tertiary/aromatic N) is 4. The Balaban J connectivity index is 2.73. The number of rotatable bonds is 3. The Hall–Kier alpha value is -2.34. The molecule has 1 aliphatic heterocycles. The summed E-state index contributed by atoms with van der Waals surface area (Å²) < 4.78 is 0. The van der Waals surface area contributed by atoms with E-state index in [0.717, 1.165) is 12.8 Å². The molecule has 0 radical (unpaired) electrons. The summed E-state index contributed by atoms with van der Waals surface area (Å²) in [6, 6.07) is 4.37. The fraction of sp³-hybridized carbons (Fsp3) is 0.647. The van der Waals surface area contributed by atoms with Crippen LogP contribution in [-0.4, -0.2) is 29.6 Å². The van der Waals surface area contributed by atoms with E-state index >= 15 is 0 Å². The third kappa shape index (κ3) is 2.13. The van der Waals surface area contributed by atoms with Gasteiger partial charge in [0.1, 0.15) is 29.1 Å². The zero-order chi connectivity index (χ0) is 17.3. The van der Waals surface area contributed by atoms with Crippen LogP contribution < -0.4 is 5.73 Å². The van der Waals surface area contributed by atoms with Crippen LogP contribution in [0, 0.1) is 33.5 Å². The Labute approximate surface area is 137 Å². The molecule has 1 aliphatic carbocycles. The monoisotopic (exact) mass is 313 g/mol. The van der Waals surface area contributed by atoms with Gasteiger partial charge in [-0.25, -0.2) is 4.99 Å². The molecular weight excluding hydrogens is 290 g/mol. The first-order valence-electron chi connectivity index (χ1n) is 8.11. The summed E-state index contributed by atoms with van der Waals surface area (Å²) in [4.78, 5) is 19.1. The second-order valence-electron chi connectivity index (χ2n) is 6.30. The number of amidine groups is 1. The molecule has 23 heavy (non-hydrogen) atoms. The van der Waals surface area contributed by atoms with Crippen LogP contribution in [0.1, 0.15) is 46.5 Å². The first-order valence-corrected chi connectivity index (χ1v) is 8.11. The molecule has 1 heterocycles. The summed E-state index contributed by atoms with van der Waals surface area (Å²) in [6.45, 7) is 6.98. The number of nitrogens with two attached hydrogens (primary N) is 1. The number of carbonyl (C=O) groups excluding carboxylic acids is 1. The van der Waals surface area contributed by atoms with E-state index in [1.54, 1.807) is 6.92 Å². The number of ketones is 1. The van der Waals surface area contributed by atoms with Crippen molar-refractivity contribution in [2.75, 3.05) is 13.1 Å². The highest BCUT2D eigenvalue weighted by atomic mass is 16.1. The van der Waals surface area contributed by atoms with Crippen molar-refractivity contribution in [1.82, 2.24) is 4.90 Å². The molecule has 122 valence electrons. The van der Waals surface area contributed by atoms with Crippen LogP contribution >= 0.6 is 0 Å². The first kappa shape index (κ1) is 17.0. The zero-order valence-corrected chi connectivity index (χ0v) is 14.0. The number of nitriles is 2. The first-order chi connectivity index (χ1) is 10.9. The molecule has 0 saturated heterocycles. The van der Waals surface area contributed by atoms with Gasteiger partial charge >= 0.3 is 0 Å². The van der Waals surface area contributed by atoms with Crippen LogP contribution in [0.4, 0.5) is 0 Å². The van der Waals surface area contributed by atoms with E-state index in [1.165, 1.54) is 0 Å². The Morgan fingerprint density at radius 1 is 1.30 bits per heavy atom. The van der Waals surface area contributed by atoms with E-state index < -0.39 is 10.8 Å². The quantitative estimate of drug-likeness (QED) is 0.858. The summed E-state index contributed by atoms with van der Waals surface area (Å²) in [6.07, 6.45) is 2.69. The molecule has 0 amide bonds. The second-order valence-corrected chi connectivity index (χ2v) is 6.30. The minimum atomic E-state index is -1.38. The van der Waals surface area contributed by atoms with Crippen molar-refractivity contribution >= 4 is 11.6 Å². The highest BCUT2D eigenvalue weighted by molar-refractivity contribution is 6.04. The molecule has 6 heteroatoms. The molecule has 1 saturated carbocycles. The Kier molecular flexibility index (Phi) is 4.47. The average Bonchev–Trinajstić information content (AvgIpc) is 2.84. The van der Waals surface area contributed by atoms with Gasteiger partial charge in [0, 0.05) is 19.5 Å². The van der Waals surface area contributed by atoms with Crippen LogP contribution in [0.2, 0.25) is 0 Å². The van der Waals surface area contributed by atoms with Crippen molar-refractivity contribution in [1.29, 1.82) is 10.5 Å². The summed E-state index contributed by atoms with van der Waals surface area (Å²) in [7, 11) is 0. The van der Waals surface area contributed by atoms with Gasteiger partial charge in [0.25, 0.3) is 0 Å². The second kappa shape index (κ2) is 6.04. The summed E-state index contributed by atoms with van der Waals surface area (Å²) in [5.74, 6) is 0.542. The maximum atomic E-state index is 12.8. The number of hydrogen-bond acceptors (Lipinski definition) is 6. The molecule has 6 nitrogen and oxygen atoms in total. The molecule has 0 spiro atoms. The molecule has 0 aromatic rings. The molecule has 1 fully saturated rings. The van der Waals surface area contributed by atoms with E-state index in [0.29, 0.717) is 31.8 Å². The number of Topliss-reactive ketones (excluding diaryl/α,β-unsaturated/α-hetero) is 1. The highest BCUT2D eigenvalue weighted by Crippen LogP contribution is 2.55. The maximum absolute atomic E-state index is 12.8. The van der Waals surface area contributed by atoms with Gasteiger partial charge in [0.2, 0.25) is 0 Å². The Bertz CT molecular complexity index is 661. The molecular formula is C17H23N5O. The standard InChI is InChI=1S/C17H23N5O/c1-4-22(5-2)15-17(11-19,12(10-18)14(20)21-15)16(3)9-7-6-8-13(16)23/h4-9,20H2,1-3H3. The third-order valence-corrected chi connectivity index (χ3v) is 5.31. The van der Waals surface area contributed by atoms with Gasteiger partial charge in [-0.05, 0) is 26.7 Å². The topological polar surface area (TPSA) is 106 Å². The van der Waals surface area contributed by atoms with Crippen molar-refractivity contribution in [3.8, 4) is 12.1 Å². The van der Waals surface area contributed by atoms with Crippen molar-refractivity contribution in [2.45, 2.75) is 46.5 Å². The summed E-state index contributed by atoms with van der Waals surface area (Å²) >= 11 is 0. The van der Waals surface area contributed by atoms with Crippen LogP contribution in [0.15, 0.2) is 16.4 Å². The van der Waals surface area contributed by atoms with Gasteiger partial charge in [-0.15, -0.1) is 0 Å². The zero-order valence-electron chi connectivity index (χ0n) is 14.0.